The number of rotatable bonds is 6. The van der Waals surface area contributed by atoms with E-state index < -0.39 is 30.5 Å². The maximum absolute atomic E-state index is 13.0. The van der Waals surface area contributed by atoms with Crippen molar-refractivity contribution >= 4 is 11.9 Å². The van der Waals surface area contributed by atoms with E-state index in [1.165, 1.54) is 4.90 Å². The van der Waals surface area contributed by atoms with E-state index in [0.29, 0.717) is 6.54 Å². The molecule has 2 N–H and O–H groups in total. The average molecular weight is 370 g/mol. The number of carbonyl (C=O) groups is 2. The fraction of sp³-hybridized carbons (Fsp3) is 0.556. The quantitative estimate of drug-likeness (QED) is 0.804. The molecule has 1 aliphatic heterocycles. The number of likely N-dealkylation sites (tertiary alicyclic amines) is 1. The van der Waals surface area contributed by atoms with Crippen LogP contribution in [0.4, 0.5) is 13.2 Å². The van der Waals surface area contributed by atoms with Gasteiger partial charge in [0.15, 0.2) is 0 Å². The van der Waals surface area contributed by atoms with Gasteiger partial charge in [-0.1, -0.05) is 30.3 Å². The lowest BCUT2D eigenvalue weighted by atomic mass is 9.96. The van der Waals surface area contributed by atoms with Crippen molar-refractivity contribution in [2.75, 3.05) is 26.2 Å². The lowest BCUT2D eigenvalue weighted by molar-refractivity contribution is -0.188. The molecule has 0 spiro atoms. The predicted molar refractivity (Wildman–Crippen MR) is 87.5 cm³/mol. The van der Waals surface area contributed by atoms with Crippen LogP contribution in [0.3, 0.4) is 0 Å². The SMILES string of the molecule is O=C(CN1C[C@@H](C(F)(F)F)[C@H](C(=O)O)C1)NCC1(c2ccccc2)CC1. The summed E-state index contributed by atoms with van der Waals surface area (Å²) in [5.74, 6) is -5.32. The minimum atomic E-state index is -4.58. The molecule has 2 fully saturated rings. The van der Waals surface area contributed by atoms with Gasteiger partial charge in [-0.05, 0) is 18.4 Å². The molecule has 1 aliphatic carbocycles. The normalized spacial score (nSPS) is 25.0. The standard InChI is InChI=1S/C18H21F3N2O3/c19-18(20,21)14-9-23(8-13(14)16(25)26)10-15(24)22-11-17(6-7-17)12-4-2-1-3-5-12/h1-5,13-14H,6-11H2,(H,22,24)(H,25,26)/t13-,14-/m1/s1. The number of hydrogen-bond acceptors (Lipinski definition) is 3. The first-order valence-corrected chi connectivity index (χ1v) is 8.55. The van der Waals surface area contributed by atoms with Crippen molar-refractivity contribution in [2.45, 2.75) is 24.4 Å². The smallest absolute Gasteiger partial charge is 0.393 e. The fourth-order valence-electron chi connectivity index (χ4n) is 3.63. The third-order valence-electron chi connectivity index (χ3n) is 5.36. The van der Waals surface area contributed by atoms with Gasteiger partial charge in [-0.3, -0.25) is 14.5 Å². The molecule has 0 unspecified atom stereocenters. The van der Waals surface area contributed by atoms with Gasteiger partial charge in [0.05, 0.1) is 18.4 Å². The number of carboxylic acid groups (broad SMARTS) is 1. The Bertz CT molecular complexity index is 674. The number of benzene rings is 1. The molecule has 0 radical (unpaired) electrons. The topological polar surface area (TPSA) is 69.6 Å². The van der Waals surface area contributed by atoms with Gasteiger partial charge in [-0.15, -0.1) is 0 Å². The van der Waals surface area contributed by atoms with Gasteiger partial charge in [0.25, 0.3) is 0 Å². The summed E-state index contributed by atoms with van der Waals surface area (Å²) in [6.45, 7) is -0.509. The lowest BCUT2D eigenvalue weighted by Gasteiger charge is -2.19. The van der Waals surface area contributed by atoms with Gasteiger partial charge in [-0.25, -0.2) is 0 Å². The second-order valence-electron chi connectivity index (χ2n) is 7.21. The minimum Gasteiger partial charge on any atom is -0.481 e. The molecule has 2 aliphatic rings. The van der Waals surface area contributed by atoms with Crippen molar-refractivity contribution in [3.8, 4) is 0 Å². The highest BCUT2D eigenvalue weighted by molar-refractivity contribution is 5.78. The van der Waals surface area contributed by atoms with E-state index in [2.05, 4.69) is 5.32 Å². The molecule has 142 valence electrons. The first kappa shape index (κ1) is 18.7. The van der Waals surface area contributed by atoms with E-state index in [9.17, 15) is 22.8 Å². The van der Waals surface area contributed by atoms with Gasteiger partial charge in [0.1, 0.15) is 0 Å². The number of amides is 1. The Morgan fingerprint density at radius 2 is 1.85 bits per heavy atom. The molecule has 1 aromatic carbocycles. The van der Waals surface area contributed by atoms with Crippen LogP contribution in [0.5, 0.6) is 0 Å². The predicted octanol–water partition coefficient (Wildman–Crippen LogP) is 2.03. The minimum absolute atomic E-state index is 0.0833. The first-order valence-electron chi connectivity index (χ1n) is 8.55. The molecule has 1 saturated heterocycles. The maximum Gasteiger partial charge on any atom is 0.393 e. The van der Waals surface area contributed by atoms with Crippen molar-refractivity contribution in [1.82, 2.24) is 10.2 Å². The monoisotopic (exact) mass is 370 g/mol. The number of aliphatic carboxylic acids is 1. The molecule has 5 nitrogen and oxygen atoms in total. The average Bonchev–Trinajstić information content (AvgIpc) is 3.25. The van der Waals surface area contributed by atoms with E-state index in [1.54, 1.807) is 0 Å². The fourth-order valence-corrected chi connectivity index (χ4v) is 3.63. The second-order valence-corrected chi connectivity index (χ2v) is 7.21. The van der Waals surface area contributed by atoms with E-state index >= 15 is 0 Å². The zero-order valence-corrected chi connectivity index (χ0v) is 14.1. The van der Waals surface area contributed by atoms with Gasteiger partial charge in [0, 0.05) is 25.0 Å². The third kappa shape index (κ3) is 4.00. The first-order chi connectivity index (χ1) is 12.2. The summed E-state index contributed by atoms with van der Waals surface area (Å²) in [4.78, 5) is 24.5. The Morgan fingerprint density at radius 3 is 2.35 bits per heavy atom. The number of carboxylic acids is 1. The molecule has 2 atom stereocenters. The van der Waals surface area contributed by atoms with Crippen LogP contribution < -0.4 is 5.32 Å². The number of hydrogen-bond donors (Lipinski definition) is 2. The summed E-state index contributed by atoms with van der Waals surface area (Å²) in [7, 11) is 0. The summed E-state index contributed by atoms with van der Waals surface area (Å²) in [5, 5.41) is 11.8. The molecule has 0 bridgehead atoms. The van der Waals surface area contributed by atoms with Gasteiger partial charge < -0.3 is 10.4 Å². The van der Waals surface area contributed by atoms with Crippen LogP contribution in [0.15, 0.2) is 30.3 Å². The van der Waals surface area contributed by atoms with E-state index in [4.69, 9.17) is 5.11 Å². The summed E-state index contributed by atoms with van der Waals surface area (Å²) >= 11 is 0. The Labute approximate surface area is 149 Å². The second kappa shape index (κ2) is 6.90. The number of halogens is 3. The molecule has 3 rings (SSSR count). The number of carbonyl (C=O) groups excluding carboxylic acids is 1. The van der Waals surface area contributed by atoms with Crippen LogP contribution in [-0.2, 0) is 15.0 Å². The van der Waals surface area contributed by atoms with Crippen LogP contribution in [0, 0.1) is 11.8 Å². The van der Waals surface area contributed by atoms with Crippen molar-refractivity contribution in [3.05, 3.63) is 35.9 Å². The number of nitrogens with zero attached hydrogens (tertiary/aromatic N) is 1. The molecule has 1 saturated carbocycles. The molecule has 8 heteroatoms. The Morgan fingerprint density at radius 1 is 1.19 bits per heavy atom. The van der Waals surface area contributed by atoms with E-state index in [0.717, 1.165) is 18.4 Å². The summed E-state index contributed by atoms with van der Waals surface area (Å²) in [6.07, 6.45) is -2.67. The van der Waals surface area contributed by atoms with Crippen molar-refractivity contribution < 1.29 is 27.9 Å². The lowest BCUT2D eigenvalue weighted by Crippen LogP contribution is -2.40. The summed E-state index contributed by atoms with van der Waals surface area (Å²) < 4.78 is 39.0. The maximum atomic E-state index is 13.0. The number of nitrogens with one attached hydrogen (secondary N) is 1. The van der Waals surface area contributed by atoms with Gasteiger partial charge >= 0.3 is 12.1 Å². The summed E-state index contributed by atoms with van der Waals surface area (Å²) in [6, 6.07) is 9.80. The molecule has 1 amide bonds. The molecule has 0 aromatic heterocycles. The Balaban J connectivity index is 1.54. The molecule has 26 heavy (non-hydrogen) atoms. The third-order valence-corrected chi connectivity index (χ3v) is 5.36. The van der Waals surface area contributed by atoms with Crippen LogP contribution in [-0.4, -0.2) is 54.2 Å². The Hall–Kier alpha value is -2.09. The highest BCUT2D eigenvalue weighted by atomic mass is 19.4. The van der Waals surface area contributed by atoms with Crippen LogP contribution in [0.2, 0.25) is 0 Å². The highest BCUT2D eigenvalue weighted by Gasteiger charge is 2.52. The largest absolute Gasteiger partial charge is 0.481 e. The molecular weight excluding hydrogens is 349 g/mol. The van der Waals surface area contributed by atoms with Crippen molar-refractivity contribution in [3.63, 3.8) is 0 Å². The Kier molecular flexibility index (Phi) is 4.96. The number of alkyl halides is 3. The summed E-state index contributed by atoms with van der Waals surface area (Å²) in [5.41, 5.74) is 1.06. The zero-order valence-electron chi connectivity index (χ0n) is 14.1. The van der Waals surface area contributed by atoms with E-state index in [-0.39, 0.29) is 24.4 Å². The highest BCUT2D eigenvalue weighted by Crippen LogP contribution is 2.47. The van der Waals surface area contributed by atoms with Gasteiger partial charge in [-0.2, -0.15) is 13.2 Å². The van der Waals surface area contributed by atoms with Crippen LogP contribution in [0.25, 0.3) is 0 Å². The molecular formula is C18H21F3N2O3. The van der Waals surface area contributed by atoms with E-state index in [1.807, 2.05) is 30.3 Å². The van der Waals surface area contributed by atoms with Crippen molar-refractivity contribution in [2.24, 2.45) is 11.8 Å². The van der Waals surface area contributed by atoms with Crippen LogP contribution in [0.1, 0.15) is 18.4 Å². The van der Waals surface area contributed by atoms with Crippen LogP contribution >= 0.6 is 0 Å². The molecule has 1 heterocycles. The van der Waals surface area contributed by atoms with Crippen molar-refractivity contribution in [1.29, 1.82) is 0 Å². The zero-order chi connectivity index (χ0) is 18.9. The molecule has 1 aromatic rings. The van der Waals surface area contributed by atoms with Gasteiger partial charge in [0.2, 0.25) is 5.91 Å².